The molecule has 1 aromatic heterocycles. The van der Waals surface area contributed by atoms with Gasteiger partial charge in [0.15, 0.2) is 0 Å². The van der Waals surface area contributed by atoms with Crippen LogP contribution in [0, 0.1) is 11.8 Å². The first-order valence-electron chi connectivity index (χ1n) is 8.44. The van der Waals surface area contributed by atoms with Gasteiger partial charge in [-0.05, 0) is 51.1 Å². The lowest BCUT2D eigenvalue weighted by Gasteiger charge is -2.23. The van der Waals surface area contributed by atoms with E-state index in [4.69, 9.17) is 0 Å². The van der Waals surface area contributed by atoms with E-state index >= 15 is 0 Å². The van der Waals surface area contributed by atoms with E-state index in [1.807, 2.05) is 0 Å². The smallest absolute Gasteiger partial charge is 0.0624 e. The van der Waals surface area contributed by atoms with Crippen molar-refractivity contribution in [1.29, 1.82) is 0 Å². The van der Waals surface area contributed by atoms with Crippen molar-refractivity contribution in [2.24, 2.45) is 11.8 Å². The number of hydrogen-bond acceptors (Lipinski definition) is 2. The van der Waals surface area contributed by atoms with Crippen molar-refractivity contribution in [3.63, 3.8) is 0 Å². The largest absolute Gasteiger partial charge is 0.316 e. The fourth-order valence-corrected chi connectivity index (χ4v) is 3.71. The van der Waals surface area contributed by atoms with Crippen LogP contribution in [0.2, 0.25) is 0 Å². The summed E-state index contributed by atoms with van der Waals surface area (Å²) in [7, 11) is 2.12. The van der Waals surface area contributed by atoms with Gasteiger partial charge in [-0.3, -0.25) is 4.68 Å². The van der Waals surface area contributed by atoms with Gasteiger partial charge >= 0.3 is 0 Å². The Morgan fingerprint density at radius 2 is 2.15 bits per heavy atom. The summed E-state index contributed by atoms with van der Waals surface area (Å²) in [4.78, 5) is 0. The number of aromatic nitrogens is 2. The third-order valence-electron chi connectivity index (χ3n) is 5.10. The average Bonchev–Trinajstić information content (AvgIpc) is 3.10. The van der Waals surface area contributed by atoms with Gasteiger partial charge in [0.25, 0.3) is 0 Å². The summed E-state index contributed by atoms with van der Waals surface area (Å²) in [6.45, 7) is 7.69. The molecule has 1 N–H and O–H groups in total. The van der Waals surface area contributed by atoms with Crippen molar-refractivity contribution in [2.75, 3.05) is 7.05 Å². The Hall–Kier alpha value is -0.830. The average molecular weight is 277 g/mol. The third-order valence-corrected chi connectivity index (χ3v) is 5.10. The Morgan fingerprint density at radius 1 is 1.35 bits per heavy atom. The molecule has 1 fully saturated rings. The molecule has 2 rings (SSSR count). The number of nitrogens with zero attached hydrogens (tertiary/aromatic N) is 2. The maximum atomic E-state index is 4.68. The lowest BCUT2D eigenvalue weighted by molar-refractivity contribution is 0.355. The summed E-state index contributed by atoms with van der Waals surface area (Å²) in [5, 5.41) is 8.26. The molecule has 3 unspecified atom stereocenters. The molecule has 1 aliphatic rings. The van der Waals surface area contributed by atoms with E-state index in [1.165, 1.54) is 37.1 Å². The molecule has 3 heteroatoms. The predicted molar refractivity (Wildman–Crippen MR) is 85.0 cm³/mol. The first-order chi connectivity index (χ1) is 9.71. The first-order valence-corrected chi connectivity index (χ1v) is 8.44. The van der Waals surface area contributed by atoms with Crippen LogP contribution in [0.1, 0.15) is 57.8 Å². The zero-order valence-corrected chi connectivity index (χ0v) is 13.7. The minimum atomic E-state index is 0.609. The summed E-state index contributed by atoms with van der Waals surface area (Å²) in [6.07, 6.45) is 7.73. The van der Waals surface area contributed by atoms with Crippen LogP contribution in [0.15, 0.2) is 6.07 Å². The van der Waals surface area contributed by atoms with Gasteiger partial charge in [-0.15, -0.1) is 0 Å². The van der Waals surface area contributed by atoms with Gasteiger partial charge in [-0.2, -0.15) is 5.10 Å². The predicted octanol–water partition coefficient (Wildman–Crippen LogP) is 3.42. The monoisotopic (exact) mass is 277 g/mol. The fraction of sp³-hybridized carbons (Fsp3) is 0.824. The quantitative estimate of drug-likeness (QED) is 0.827. The molecule has 0 saturated heterocycles. The van der Waals surface area contributed by atoms with Crippen LogP contribution >= 0.6 is 0 Å². The molecule has 20 heavy (non-hydrogen) atoms. The number of aryl methyl sites for hydroxylation is 2. The van der Waals surface area contributed by atoms with Gasteiger partial charge in [0, 0.05) is 24.7 Å². The molecule has 1 heterocycles. The van der Waals surface area contributed by atoms with Crippen LogP contribution in [-0.2, 0) is 19.4 Å². The molecule has 3 atom stereocenters. The molecular formula is C17H31N3. The van der Waals surface area contributed by atoms with Crippen LogP contribution in [-0.4, -0.2) is 22.9 Å². The Bertz CT molecular complexity index is 410. The second kappa shape index (κ2) is 7.26. The number of nitrogens with one attached hydrogen (secondary N) is 1. The molecule has 0 aliphatic heterocycles. The molecule has 114 valence electrons. The van der Waals surface area contributed by atoms with E-state index in [0.29, 0.717) is 6.04 Å². The minimum Gasteiger partial charge on any atom is -0.316 e. The van der Waals surface area contributed by atoms with Crippen LogP contribution in [0.25, 0.3) is 0 Å². The van der Waals surface area contributed by atoms with E-state index in [2.05, 4.69) is 49.0 Å². The molecule has 1 aromatic rings. The lowest BCUT2D eigenvalue weighted by atomic mass is 9.92. The van der Waals surface area contributed by atoms with Crippen molar-refractivity contribution in [3.05, 3.63) is 17.5 Å². The number of hydrogen-bond donors (Lipinski definition) is 1. The standard InChI is InChI=1S/C17H31N3/c1-5-13-8-9-14(10-13)17(18-4)12-16-11-15(6-2)19-20(16)7-3/h11,13-14,17-18H,5-10,12H2,1-4H3. The van der Waals surface area contributed by atoms with E-state index in [9.17, 15) is 0 Å². The zero-order valence-electron chi connectivity index (χ0n) is 13.7. The van der Waals surface area contributed by atoms with E-state index in [0.717, 1.165) is 31.2 Å². The van der Waals surface area contributed by atoms with Gasteiger partial charge < -0.3 is 5.32 Å². The van der Waals surface area contributed by atoms with Crippen molar-refractivity contribution in [3.8, 4) is 0 Å². The summed E-state index contributed by atoms with van der Waals surface area (Å²) in [5.74, 6) is 1.80. The summed E-state index contributed by atoms with van der Waals surface area (Å²) in [6, 6.07) is 2.92. The summed E-state index contributed by atoms with van der Waals surface area (Å²) >= 11 is 0. The van der Waals surface area contributed by atoms with Gasteiger partial charge in [-0.1, -0.05) is 26.7 Å². The van der Waals surface area contributed by atoms with E-state index in [-0.39, 0.29) is 0 Å². The molecule has 0 aromatic carbocycles. The van der Waals surface area contributed by atoms with Crippen molar-refractivity contribution < 1.29 is 0 Å². The second-order valence-electron chi connectivity index (χ2n) is 6.24. The topological polar surface area (TPSA) is 29.9 Å². The normalized spacial score (nSPS) is 24.2. The van der Waals surface area contributed by atoms with E-state index < -0.39 is 0 Å². The van der Waals surface area contributed by atoms with Crippen LogP contribution in [0.5, 0.6) is 0 Å². The highest BCUT2D eigenvalue weighted by Gasteiger charge is 2.29. The van der Waals surface area contributed by atoms with Gasteiger partial charge in [0.2, 0.25) is 0 Å². The molecular weight excluding hydrogens is 246 g/mol. The van der Waals surface area contributed by atoms with Crippen LogP contribution < -0.4 is 5.32 Å². The van der Waals surface area contributed by atoms with Crippen molar-refractivity contribution >= 4 is 0 Å². The SMILES string of the molecule is CCc1cc(CC(NC)C2CCC(CC)C2)n(CC)n1. The second-order valence-corrected chi connectivity index (χ2v) is 6.24. The van der Waals surface area contributed by atoms with Crippen molar-refractivity contribution in [1.82, 2.24) is 15.1 Å². The molecule has 3 nitrogen and oxygen atoms in total. The fourth-order valence-electron chi connectivity index (χ4n) is 3.71. The summed E-state index contributed by atoms with van der Waals surface area (Å²) in [5.41, 5.74) is 2.64. The van der Waals surface area contributed by atoms with Gasteiger partial charge in [-0.25, -0.2) is 0 Å². The highest BCUT2D eigenvalue weighted by Crippen LogP contribution is 2.35. The Morgan fingerprint density at radius 3 is 2.70 bits per heavy atom. The highest BCUT2D eigenvalue weighted by molar-refractivity contribution is 5.12. The van der Waals surface area contributed by atoms with Crippen LogP contribution in [0.3, 0.4) is 0 Å². The number of rotatable bonds is 7. The molecule has 0 bridgehead atoms. The Balaban J connectivity index is 2.04. The zero-order chi connectivity index (χ0) is 14.5. The highest BCUT2D eigenvalue weighted by atomic mass is 15.3. The molecule has 0 amide bonds. The van der Waals surface area contributed by atoms with Crippen molar-refractivity contribution in [2.45, 2.75) is 71.9 Å². The van der Waals surface area contributed by atoms with Gasteiger partial charge in [0.05, 0.1) is 5.69 Å². The maximum Gasteiger partial charge on any atom is 0.0624 e. The molecule has 1 aliphatic carbocycles. The van der Waals surface area contributed by atoms with E-state index in [1.54, 1.807) is 0 Å². The molecule has 1 saturated carbocycles. The maximum absolute atomic E-state index is 4.68. The molecule has 0 radical (unpaired) electrons. The summed E-state index contributed by atoms with van der Waals surface area (Å²) < 4.78 is 2.19. The third kappa shape index (κ3) is 3.43. The Kier molecular flexibility index (Phi) is 5.64. The molecule has 0 spiro atoms. The number of likely N-dealkylation sites (N-methyl/N-ethyl adjacent to an activating group) is 1. The first kappa shape index (κ1) is 15.6. The minimum absolute atomic E-state index is 0.609. The van der Waals surface area contributed by atoms with Gasteiger partial charge in [0.1, 0.15) is 0 Å². The Labute approximate surface area is 124 Å². The van der Waals surface area contributed by atoms with Crippen LogP contribution in [0.4, 0.5) is 0 Å². The lowest BCUT2D eigenvalue weighted by Crippen LogP contribution is -2.35.